The Hall–Kier alpha value is -3.02. The van der Waals surface area contributed by atoms with E-state index in [2.05, 4.69) is 30.3 Å². The van der Waals surface area contributed by atoms with Crippen LogP contribution in [-0.2, 0) is 9.53 Å². The smallest absolute Gasteiger partial charge is 0.280 e. The molecule has 0 saturated carbocycles. The Morgan fingerprint density at radius 3 is 3.00 bits per heavy atom. The van der Waals surface area contributed by atoms with Crippen molar-refractivity contribution in [2.24, 2.45) is 11.0 Å². The zero-order valence-electron chi connectivity index (χ0n) is 14.4. The molecule has 1 aliphatic heterocycles. The molecule has 3 heterocycles. The zero-order valence-corrected chi connectivity index (χ0v) is 14.4. The Balaban J connectivity index is 2.02. The van der Waals surface area contributed by atoms with Crippen LogP contribution in [0.3, 0.4) is 0 Å². The molecule has 0 aliphatic carbocycles. The van der Waals surface area contributed by atoms with E-state index in [0.29, 0.717) is 0 Å². The van der Waals surface area contributed by atoms with Crippen LogP contribution in [0.4, 0.5) is 10.3 Å². The second-order valence-electron chi connectivity index (χ2n) is 6.27. The minimum Gasteiger partial charge on any atom is -0.394 e. The van der Waals surface area contributed by atoms with Gasteiger partial charge in [0.15, 0.2) is 23.6 Å². The lowest BCUT2D eigenvalue weighted by Crippen LogP contribution is -2.28. The second-order valence-corrected chi connectivity index (χ2v) is 6.27. The highest BCUT2D eigenvalue weighted by Gasteiger charge is 2.46. The topological polar surface area (TPSA) is 171 Å². The van der Waals surface area contributed by atoms with E-state index in [-0.39, 0.29) is 28.9 Å². The number of nitrogens with zero attached hydrogens (tertiary/aromatic N) is 6. The Morgan fingerprint density at radius 1 is 1.63 bits per heavy atom. The van der Waals surface area contributed by atoms with Gasteiger partial charge >= 0.3 is 0 Å². The van der Waals surface area contributed by atoms with Gasteiger partial charge in [-0.2, -0.15) is 4.98 Å². The normalized spacial score (nSPS) is 24.9. The number of imidazole rings is 1. The molecule has 0 radical (unpaired) electrons. The third-order valence-corrected chi connectivity index (χ3v) is 4.13. The maximum absolute atomic E-state index is 14.8. The quantitative estimate of drug-likeness (QED) is 0.390. The third kappa shape index (κ3) is 3.35. The van der Waals surface area contributed by atoms with E-state index in [4.69, 9.17) is 10.3 Å². The van der Waals surface area contributed by atoms with E-state index < -0.39 is 36.7 Å². The number of azide groups is 1. The van der Waals surface area contributed by atoms with Crippen molar-refractivity contribution in [3.8, 4) is 0 Å². The van der Waals surface area contributed by atoms with Crippen LogP contribution in [0.25, 0.3) is 21.6 Å². The van der Waals surface area contributed by atoms with Gasteiger partial charge in [-0.15, -0.1) is 0 Å². The number of halogens is 1. The van der Waals surface area contributed by atoms with Gasteiger partial charge in [0.2, 0.25) is 11.9 Å². The highest BCUT2D eigenvalue weighted by atomic mass is 19.1. The fourth-order valence-corrected chi connectivity index (χ4v) is 2.71. The van der Waals surface area contributed by atoms with E-state index in [0.717, 1.165) is 10.9 Å². The lowest BCUT2D eigenvalue weighted by atomic mass is 10.1. The van der Waals surface area contributed by atoms with Crippen LogP contribution in [0.15, 0.2) is 16.2 Å². The largest absolute Gasteiger partial charge is 0.394 e. The van der Waals surface area contributed by atoms with Crippen molar-refractivity contribution in [1.29, 1.82) is 0 Å². The van der Waals surface area contributed by atoms with Crippen molar-refractivity contribution in [2.75, 3.05) is 11.9 Å². The first kappa shape index (κ1) is 18.8. The van der Waals surface area contributed by atoms with Crippen LogP contribution in [0.5, 0.6) is 0 Å². The summed E-state index contributed by atoms with van der Waals surface area (Å²) in [6.07, 6.45) is -3.01. The van der Waals surface area contributed by atoms with Gasteiger partial charge in [0.05, 0.1) is 19.0 Å². The summed E-state index contributed by atoms with van der Waals surface area (Å²) in [4.78, 5) is 37.0. The van der Waals surface area contributed by atoms with Crippen molar-refractivity contribution in [1.82, 2.24) is 19.5 Å². The van der Waals surface area contributed by atoms with Gasteiger partial charge in [-0.05, 0) is 5.53 Å². The molecular weight excluding hydrogens is 363 g/mol. The first-order valence-corrected chi connectivity index (χ1v) is 8.09. The number of carbonyl (C=O) groups excluding carboxylic acids is 1. The van der Waals surface area contributed by atoms with Crippen molar-refractivity contribution in [3.63, 3.8) is 0 Å². The lowest BCUT2D eigenvalue weighted by Gasteiger charge is -2.15. The number of hydrogen-bond donors (Lipinski definition) is 3. The van der Waals surface area contributed by atoms with Crippen LogP contribution >= 0.6 is 0 Å². The Morgan fingerprint density at radius 2 is 2.37 bits per heavy atom. The van der Waals surface area contributed by atoms with Gasteiger partial charge in [-0.3, -0.25) is 24.5 Å². The monoisotopic (exact) mass is 380 g/mol. The number of alkyl halides is 1. The molecule has 1 aliphatic rings. The number of aliphatic hydroxyl groups excluding tert-OH is 1. The fourth-order valence-electron chi connectivity index (χ4n) is 2.71. The number of hydrogen-bond acceptors (Lipinski definition) is 7. The van der Waals surface area contributed by atoms with E-state index in [1.54, 1.807) is 13.8 Å². The molecule has 1 saturated heterocycles. The molecular formula is C14H17FN8O4. The van der Waals surface area contributed by atoms with E-state index in [1.165, 1.54) is 0 Å². The first-order chi connectivity index (χ1) is 12.9. The maximum atomic E-state index is 14.8. The van der Waals surface area contributed by atoms with Crippen LogP contribution in [0, 0.1) is 5.92 Å². The molecule has 3 N–H and O–H groups in total. The maximum Gasteiger partial charge on any atom is 0.280 e. The standard InChI is InChI=1S/C14H17FN8O4/c1-5(2)11(25)19-14-18-10-9(12(26)20-14)17-4-23(10)13-7(15)8(21-22-16)6(3-24)27-13/h4-8,13,24H,3H2,1-2H3,(H2,18,19,20,25,26)/t6-,7-,8?,13-/m1/s1. The highest BCUT2D eigenvalue weighted by molar-refractivity contribution is 5.91. The number of rotatable bonds is 5. The summed E-state index contributed by atoms with van der Waals surface area (Å²) in [5.74, 6) is -0.835. The van der Waals surface area contributed by atoms with Gasteiger partial charge in [0.25, 0.3) is 5.56 Å². The fraction of sp³-hybridized carbons (Fsp3) is 0.571. The minimum absolute atomic E-state index is 0.0243. The van der Waals surface area contributed by atoms with Crippen molar-refractivity contribution in [3.05, 3.63) is 27.1 Å². The summed E-state index contributed by atoms with van der Waals surface area (Å²) < 4.78 is 21.3. The number of amides is 1. The molecule has 12 nitrogen and oxygen atoms in total. The predicted octanol–water partition coefficient (Wildman–Crippen LogP) is 0.621. The molecule has 1 fully saturated rings. The number of nitrogens with one attached hydrogen (secondary N) is 2. The van der Waals surface area contributed by atoms with Gasteiger partial charge < -0.3 is 9.84 Å². The second kappa shape index (κ2) is 7.31. The first-order valence-electron chi connectivity index (χ1n) is 8.09. The van der Waals surface area contributed by atoms with Crippen LogP contribution in [0.2, 0.25) is 0 Å². The summed E-state index contributed by atoms with van der Waals surface area (Å²) in [5, 5.41) is 15.1. The third-order valence-electron chi connectivity index (χ3n) is 4.13. The van der Waals surface area contributed by atoms with Crippen LogP contribution in [0.1, 0.15) is 20.1 Å². The Labute approximate surface area is 151 Å². The van der Waals surface area contributed by atoms with Crippen LogP contribution < -0.4 is 10.9 Å². The predicted molar refractivity (Wildman–Crippen MR) is 90.4 cm³/mol. The number of ether oxygens (including phenoxy) is 1. The number of anilines is 1. The van der Waals surface area contributed by atoms with E-state index in [9.17, 15) is 19.1 Å². The molecule has 2 aromatic rings. The summed E-state index contributed by atoms with van der Waals surface area (Å²) in [6.45, 7) is 2.78. The summed E-state index contributed by atoms with van der Waals surface area (Å²) in [6, 6.07) is -1.25. The molecule has 3 rings (SSSR count). The average molecular weight is 380 g/mol. The lowest BCUT2D eigenvalue weighted by molar-refractivity contribution is -0.118. The summed E-state index contributed by atoms with van der Waals surface area (Å²) in [5.41, 5.74) is 7.85. The van der Waals surface area contributed by atoms with Crippen molar-refractivity contribution < 1.29 is 19.0 Å². The number of aromatic amines is 1. The van der Waals surface area contributed by atoms with Crippen LogP contribution in [-0.4, -0.2) is 55.5 Å². The average Bonchev–Trinajstić information content (AvgIpc) is 3.17. The summed E-state index contributed by atoms with van der Waals surface area (Å²) >= 11 is 0. The highest BCUT2D eigenvalue weighted by Crippen LogP contribution is 2.35. The number of carbonyl (C=O) groups is 1. The zero-order chi connectivity index (χ0) is 19.7. The van der Waals surface area contributed by atoms with Crippen molar-refractivity contribution >= 4 is 23.0 Å². The summed E-state index contributed by atoms with van der Waals surface area (Å²) in [7, 11) is 0. The van der Waals surface area contributed by atoms with Gasteiger partial charge in [0.1, 0.15) is 6.04 Å². The molecule has 27 heavy (non-hydrogen) atoms. The van der Waals surface area contributed by atoms with Gasteiger partial charge in [-0.25, -0.2) is 9.37 Å². The molecule has 144 valence electrons. The van der Waals surface area contributed by atoms with E-state index >= 15 is 0 Å². The molecule has 2 aromatic heterocycles. The molecule has 13 heteroatoms. The Bertz CT molecular complexity index is 966. The van der Waals surface area contributed by atoms with Crippen molar-refractivity contribution in [2.45, 2.75) is 38.4 Å². The number of H-pyrrole nitrogens is 1. The Kier molecular flexibility index (Phi) is 5.08. The molecule has 0 aromatic carbocycles. The molecule has 1 unspecified atom stereocenters. The number of aromatic nitrogens is 4. The molecule has 1 amide bonds. The SMILES string of the molecule is CC(C)C(=O)Nc1nc2c(ncn2[C@@H]2O[C@H](CO)C(N=[N+]=[N-])[C@H]2F)c(=O)[nH]1. The van der Waals surface area contributed by atoms with E-state index in [1.807, 2.05) is 0 Å². The number of fused-ring (bicyclic) bond motifs is 1. The van der Waals surface area contributed by atoms with Gasteiger partial charge in [-0.1, -0.05) is 19.0 Å². The molecule has 4 atom stereocenters. The molecule has 0 bridgehead atoms. The minimum atomic E-state index is -1.80. The number of aliphatic hydroxyl groups is 1. The molecule has 0 spiro atoms. The van der Waals surface area contributed by atoms with Gasteiger partial charge in [0, 0.05) is 10.8 Å².